The third-order valence-corrected chi connectivity index (χ3v) is 2.65. The van der Waals surface area contributed by atoms with Crippen LogP contribution < -0.4 is 5.32 Å². The van der Waals surface area contributed by atoms with Gasteiger partial charge in [-0.3, -0.25) is 4.90 Å². The SMILES string of the molecule is N#C[C@H]1CCC[C@@H]2NCCN21. The highest BCUT2D eigenvalue weighted by molar-refractivity contribution is 4.99. The lowest BCUT2D eigenvalue weighted by molar-refractivity contribution is 0.147. The fourth-order valence-corrected chi connectivity index (χ4v) is 2.08. The summed E-state index contributed by atoms with van der Waals surface area (Å²) in [6, 6.07) is 2.55. The van der Waals surface area contributed by atoms with Crippen LogP contribution in [0.3, 0.4) is 0 Å². The molecule has 2 fully saturated rings. The average molecular weight is 151 g/mol. The van der Waals surface area contributed by atoms with Crippen molar-refractivity contribution in [2.45, 2.75) is 31.5 Å². The molecule has 60 valence electrons. The fraction of sp³-hybridized carbons (Fsp3) is 0.875. The van der Waals surface area contributed by atoms with Gasteiger partial charge in [0, 0.05) is 13.1 Å². The van der Waals surface area contributed by atoms with Gasteiger partial charge in [-0.15, -0.1) is 0 Å². The summed E-state index contributed by atoms with van der Waals surface area (Å²) < 4.78 is 0. The molecule has 11 heavy (non-hydrogen) atoms. The Balaban J connectivity index is 2.08. The number of hydrogen-bond donors (Lipinski definition) is 1. The zero-order valence-corrected chi connectivity index (χ0v) is 6.58. The van der Waals surface area contributed by atoms with Crippen LogP contribution in [-0.4, -0.2) is 30.2 Å². The minimum atomic E-state index is 0.184. The summed E-state index contributed by atoms with van der Waals surface area (Å²) in [6.07, 6.45) is 3.99. The van der Waals surface area contributed by atoms with Crippen molar-refractivity contribution in [1.29, 1.82) is 5.26 Å². The fourth-order valence-electron chi connectivity index (χ4n) is 2.08. The number of rotatable bonds is 0. The molecule has 2 saturated heterocycles. The van der Waals surface area contributed by atoms with Crippen molar-refractivity contribution < 1.29 is 0 Å². The summed E-state index contributed by atoms with van der Waals surface area (Å²) in [5.74, 6) is 0. The van der Waals surface area contributed by atoms with Crippen molar-refractivity contribution in [2.75, 3.05) is 13.1 Å². The minimum Gasteiger partial charge on any atom is -0.300 e. The number of fused-ring (bicyclic) bond motifs is 1. The van der Waals surface area contributed by atoms with Gasteiger partial charge < -0.3 is 5.32 Å². The average Bonchev–Trinajstić information content (AvgIpc) is 2.50. The maximum absolute atomic E-state index is 8.82. The Hall–Kier alpha value is -0.590. The van der Waals surface area contributed by atoms with Crippen molar-refractivity contribution in [3.63, 3.8) is 0 Å². The van der Waals surface area contributed by atoms with Gasteiger partial charge in [0.2, 0.25) is 0 Å². The molecule has 3 nitrogen and oxygen atoms in total. The van der Waals surface area contributed by atoms with E-state index in [9.17, 15) is 0 Å². The molecule has 0 unspecified atom stereocenters. The first-order valence-corrected chi connectivity index (χ1v) is 4.30. The number of piperidine rings is 1. The summed E-state index contributed by atoms with van der Waals surface area (Å²) >= 11 is 0. The Morgan fingerprint density at radius 2 is 2.36 bits per heavy atom. The van der Waals surface area contributed by atoms with Gasteiger partial charge in [-0.1, -0.05) is 0 Å². The Kier molecular flexibility index (Phi) is 1.80. The summed E-state index contributed by atoms with van der Waals surface area (Å²) in [5, 5.41) is 12.2. The Labute approximate surface area is 67.0 Å². The molecule has 0 aromatic rings. The van der Waals surface area contributed by atoms with E-state index in [1.165, 1.54) is 12.8 Å². The molecule has 2 aliphatic heterocycles. The second-order valence-corrected chi connectivity index (χ2v) is 3.28. The molecule has 0 saturated carbocycles. The second kappa shape index (κ2) is 2.80. The summed E-state index contributed by atoms with van der Waals surface area (Å²) in [5.41, 5.74) is 0. The van der Waals surface area contributed by atoms with Crippen molar-refractivity contribution in [3.05, 3.63) is 0 Å². The maximum Gasteiger partial charge on any atom is 0.0990 e. The molecular weight excluding hydrogens is 138 g/mol. The highest BCUT2D eigenvalue weighted by Gasteiger charge is 2.33. The van der Waals surface area contributed by atoms with Gasteiger partial charge in [0.15, 0.2) is 0 Å². The van der Waals surface area contributed by atoms with Crippen molar-refractivity contribution in [1.82, 2.24) is 10.2 Å². The number of nitrogens with zero attached hydrogens (tertiary/aromatic N) is 2. The van der Waals surface area contributed by atoms with Gasteiger partial charge >= 0.3 is 0 Å². The maximum atomic E-state index is 8.82. The van der Waals surface area contributed by atoms with Crippen LogP contribution in [-0.2, 0) is 0 Å². The molecule has 0 radical (unpaired) electrons. The molecule has 0 spiro atoms. The smallest absolute Gasteiger partial charge is 0.0990 e. The topological polar surface area (TPSA) is 39.1 Å². The molecule has 3 heteroatoms. The third kappa shape index (κ3) is 1.13. The Bertz CT molecular complexity index is 184. The molecular formula is C8H13N3. The number of nitriles is 1. The lowest BCUT2D eigenvalue weighted by Gasteiger charge is -2.32. The van der Waals surface area contributed by atoms with Gasteiger partial charge in [0.1, 0.15) is 0 Å². The zero-order valence-electron chi connectivity index (χ0n) is 6.58. The molecule has 0 aliphatic carbocycles. The van der Waals surface area contributed by atoms with Crippen LogP contribution in [0.25, 0.3) is 0 Å². The van der Waals surface area contributed by atoms with E-state index < -0.39 is 0 Å². The van der Waals surface area contributed by atoms with Crippen LogP contribution in [0.1, 0.15) is 19.3 Å². The predicted octanol–water partition coefficient (Wildman–Crippen LogP) is 0.294. The molecule has 2 heterocycles. The predicted molar refractivity (Wildman–Crippen MR) is 41.7 cm³/mol. The largest absolute Gasteiger partial charge is 0.300 e. The standard InChI is InChI=1S/C8H13N3/c9-6-7-2-1-3-8-10-4-5-11(7)8/h7-8,10H,1-5H2/t7-,8-/m1/s1. The van der Waals surface area contributed by atoms with Crippen LogP contribution >= 0.6 is 0 Å². The molecule has 1 N–H and O–H groups in total. The van der Waals surface area contributed by atoms with E-state index in [0.29, 0.717) is 6.17 Å². The van der Waals surface area contributed by atoms with Gasteiger partial charge in [-0.05, 0) is 19.3 Å². The van der Waals surface area contributed by atoms with E-state index in [2.05, 4.69) is 16.3 Å². The molecule has 0 bridgehead atoms. The highest BCUT2D eigenvalue weighted by Crippen LogP contribution is 2.22. The zero-order chi connectivity index (χ0) is 7.68. The normalized spacial score (nSPS) is 38.1. The van der Waals surface area contributed by atoms with Crippen molar-refractivity contribution in [2.24, 2.45) is 0 Å². The summed E-state index contributed by atoms with van der Waals surface area (Å²) in [7, 11) is 0. The van der Waals surface area contributed by atoms with Crippen LogP contribution in [0.2, 0.25) is 0 Å². The Morgan fingerprint density at radius 3 is 3.18 bits per heavy atom. The summed E-state index contributed by atoms with van der Waals surface area (Å²) in [4.78, 5) is 2.30. The molecule has 0 aromatic carbocycles. The first-order valence-electron chi connectivity index (χ1n) is 4.30. The Morgan fingerprint density at radius 1 is 1.45 bits per heavy atom. The van der Waals surface area contributed by atoms with E-state index in [-0.39, 0.29) is 6.04 Å². The monoisotopic (exact) mass is 151 g/mol. The van der Waals surface area contributed by atoms with E-state index in [0.717, 1.165) is 19.5 Å². The van der Waals surface area contributed by atoms with Crippen LogP contribution in [0.15, 0.2) is 0 Å². The number of hydrogen-bond acceptors (Lipinski definition) is 3. The molecule has 2 rings (SSSR count). The first kappa shape index (κ1) is 7.08. The lowest BCUT2D eigenvalue weighted by atomic mass is 10.0. The van der Waals surface area contributed by atoms with Crippen LogP contribution in [0, 0.1) is 11.3 Å². The van der Waals surface area contributed by atoms with E-state index in [4.69, 9.17) is 5.26 Å². The van der Waals surface area contributed by atoms with Gasteiger partial charge in [-0.2, -0.15) is 5.26 Å². The van der Waals surface area contributed by atoms with Crippen molar-refractivity contribution >= 4 is 0 Å². The lowest BCUT2D eigenvalue weighted by Crippen LogP contribution is -2.45. The van der Waals surface area contributed by atoms with Crippen LogP contribution in [0.4, 0.5) is 0 Å². The third-order valence-electron chi connectivity index (χ3n) is 2.65. The van der Waals surface area contributed by atoms with Crippen molar-refractivity contribution in [3.8, 4) is 6.07 Å². The number of nitrogens with one attached hydrogen (secondary N) is 1. The minimum absolute atomic E-state index is 0.184. The van der Waals surface area contributed by atoms with E-state index in [1.54, 1.807) is 0 Å². The first-order chi connectivity index (χ1) is 5.42. The molecule has 0 aromatic heterocycles. The quantitative estimate of drug-likeness (QED) is 0.541. The molecule has 2 atom stereocenters. The highest BCUT2D eigenvalue weighted by atomic mass is 15.3. The van der Waals surface area contributed by atoms with Gasteiger partial charge in [0.05, 0.1) is 18.3 Å². The van der Waals surface area contributed by atoms with E-state index in [1.807, 2.05) is 0 Å². The summed E-state index contributed by atoms with van der Waals surface area (Å²) in [6.45, 7) is 2.12. The molecule has 0 amide bonds. The van der Waals surface area contributed by atoms with Crippen LogP contribution in [0.5, 0.6) is 0 Å². The molecule has 2 aliphatic rings. The van der Waals surface area contributed by atoms with E-state index >= 15 is 0 Å². The van der Waals surface area contributed by atoms with Gasteiger partial charge in [0.25, 0.3) is 0 Å². The second-order valence-electron chi connectivity index (χ2n) is 3.28. The van der Waals surface area contributed by atoms with Gasteiger partial charge in [-0.25, -0.2) is 0 Å².